The molecule has 0 aromatic heterocycles. The SMILES string of the molecule is CCOC1=CC(CCC2OCCO2)(N(C)C)C(c2ccccc2)=C1c1ccccc1. The summed E-state index contributed by atoms with van der Waals surface area (Å²) in [6.45, 7) is 4.02. The van der Waals surface area contributed by atoms with Gasteiger partial charge in [0, 0.05) is 12.0 Å². The average molecular weight is 406 g/mol. The Balaban J connectivity index is 1.88. The van der Waals surface area contributed by atoms with E-state index in [9.17, 15) is 0 Å². The lowest BCUT2D eigenvalue weighted by Crippen LogP contribution is -2.43. The van der Waals surface area contributed by atoms with Gasteiger partial charge in [0.25, 0.3) is 0 Å². The fourth-order valence-electron chi connectivity index (χ4n) is 4.55. The standard InChI is InChI=1S/C26H31NO3/c1-4-28-22-19-26(27(2)3,16-15-23-29-17-18-30-23)25(21-13-9-6-10-14-21)24(22)20-11-7-5-8-12-20/h5-14,19,23H,4,15-18H2,1-3H3. The molecular formula is C26H31NO3. The minimum absolute atomic E-state index is 0.136. The minimum Gasteiger partial charge on any atom is -0.493 e. The van der Waals surface area contributed by atoms with Crippen molar-refractivity contribution in [3.05, 3.63) is 83.6 Å². The summed E-state index contributed by atoms with van der Waals surface area (Å²) in [6, 6.07) is 21.2. The van der Waals surface area contributed by atoms with Crippen molar-refractivity contribution in [2.45, 2.75) is 31.6 Å². The van der Waals surface area contributed by atoms with Crippen LogP contribution >= 0.6 is 0 Å². The maximum atomic E-state index is 6.21. The molecule has 0 spiro atoms. The smallest absolute Gasteiger partial charge is 0.157 e. The number of rotatable bonds is 8. The van der Waals surface area contributed by atoms with Crippen LogP contribution in [0.3, 0.4) is 0 Å². The molecule has 2 aromatic rings. The number of hydrogen-bond donors (Lipinski definition) is 0. The number of allylic oxidation sites excluding steroid dienone is 1. The van der Waals surface area contributed by atoms with Gasteiger partial charge >= 0.3 is 0 Å². The third kappa shape index (κ3) is 3.95. The lowest BCUT2D eigenvalue weighted by molar-refractivity contribution is -0.0516. The van der Waals surface area contributed by atoms with Crippen LogP contribution in [-0.4, -0.2) is 50.6 Å². The van der Waals surface area contributed by atoms with Crippen LogP contribution in [0, 0.1) is 0 Å². The molecule has 2 aromatic carbocycles. The third-order valence-corrected chi connectivity index (χ3v) is 5.97. The highest BCUT2D eigenvalue weighted by atomic mass is 16.7. The largest absolute Gasteiger partial charge is 0.493 e. The molecule has 2 aliphatic rings. The van der Waals surface area contributed by atoms with E-state index in [1.165, 1.54) is 22.3 Å². The molecule has 1 atom stereocenters. The Bertz CT molecular complexity index is 898. The van der Waals surface area contributed by atoms with Gasteiger partial charge in [0.1, 0.15) is 5.76 Å². The fourth-order valence-corrected chi connectivity index (χ4v) is 4.55. The predicted octanol–water partition coefficient (Wildman–Crippen LogP) is 4.98. The number of hydrogen-bond acceptors (Lipinski definition) is 4. The number of nitrogens with zero attached hydrogens (tertiary/aromatic N) is 1. The second-order valence-electron chi connectivity index (χ2n) is 7.95. The summed E-state index contributed by atoms with van der Waals surface area (Å²) < 4.78 is 17.7. The van der Waals surface area contributed by atoms with Crippen LogP contribution in [-0.2, 0) is 14.2 Å². The van der Waals surface area contributed by atoms with E-state index in [0.717, 1.165) is 18.6 Å². The van der Waals surface area contributed by atoms with E-state index in [0.29, 0.717) is 19.8 Å². The molecule has 0 bridgehead atoms. The number of likely N-dealkylation sites (N-methyl/N-ethyl adjacent to an activating group) is 1. The summed E-state index contributed by atoms with van der Waals surface area (Å²) in [7, 11) is 4.29. The molecular weight excluding hydrogens is 374 g/mol. The van der Waals surface area contributed by atoms with Crippen molar-refractivity contribution in [3.63, 3.8) is 0 Å². The first-order valence-electron chi connectivity index (χ1n) is 10.8. The maximum Gasteiger partial charge on any atom is 0.157 e. The summed E-state index contributed by atoms with van der Waals surface area (Å²) in [4.78, 5) is 2.30. The quantitative estimate of drug-likeness (QED) is 0.619. The highest BCUT2D eigenvalue weighted by Gasteiger charge is 2.44. The lowest BCUT2D eigenvalue weighted by Gasteiger charge is -2.38. The van der Waals surface area contributed by atoms with E-state index in [2.05, 4.69) is 85.7 Å². The maximum absolute atomic E-state index is 6.21. The van der Waals surface area contributed by atoms with Crippen molar-refractivity contribution in [1.82, 2.24) is 4.90 Å². The van der Waals surface area contributed by atoms with Gasteiger partial charge in [0.15, 0.2) is 6.29 Å². The van der Waals surface area contributed by atoms with Gasteiger partial charge in [-0.2, -0.15) is 0 Å². The molecule has 1 saturated heterocycles. The highest BCUT2D eigenvalue weighted by molar-refractivity contribution is 6.05. The van der Waals surface area contributed by atoms with Gasteiger partial charge in [0.05, 0.1) is 25.4 Å². The Morgan fingerprint density at radius 1 is 0.933 bits per heavy atom. The van der Waals surface area contributed by atoms with Crippen molar-refractivity contribution in [2.24, 2.45) is 0 Å². The summed E-state index contributed by atoms with van der Waals surface area (Å²) in [6.07, 6.45) is 3.87. The Morgan fingerprint density at radius 2 is 1.53 bits per heavy atom. The first-order valence-corrected chi connectivity index (χ1v) is 10.8. The molecule has 30 heavy (non-hydrogen) atoms. The Morgan fingerprint density at radius 3 is 2.10 bits per heavy atom. The minimum atomic E-state index is -0.313. The summed E-state index contributed by atoms with van der Waals surface area (Å²) in [5.74, 6) is 0.949. The molecule has 1 aliphatic heterocycles. The molecule has 0 N–H and O–H groups in total. The number of ether oxygens (including phenoxy) is 3. The molecule has 158 valence electrons. The van der Waals surface area contributed by atoms with Crippen LogP contribution in [0.5, 0.6) is 0 Å². The summed E-state index contributed by atoms with van der Waals surface area (Å²) in [5.41, 5.74) is 4.52. The van der Waals surface area contributed by atoms with Crippen molar-refractivity contribution < 1.29 is 14.2 Å². The zero-order chi connectivity index (χ0) is 21.0. The van der Waals surface area contributed by atoms with Gasteiger partial charge in [-0.1, -0.05) is 60.7 Å². The van der Waals surface area contributed by atoms with Crippen molar-refractivity contribution in [3.8, 4) is 0 Å². The van der Waals surface area contributed by atoms with E-state index < -0.39 is 0 Å². The highest BCUT2D eigenvalue weighted by Crippen LogP contribution is 2.50. The zero-order valence-corrected chi connectivity index (χ0v) is 18.1. The first kappa shape index (κ1) is 20.9. The molecule has 1 unspecified atom stereocenters. The van der Waals surface area contributed by atoms with Crippen LogP contribution in [0.4, 0.5) is 0 Å². The summed E-state index contributed by atoms with van der Waals surface area (Å²) in [5, 5.41) is 0. The van der Waals surface area contributed by atoms with Crippen molar-refractivity contribution in [1.29, 1.82) is 0 Å². The fraction of sp³-hybridized carbons (Fsp3) is 0.385. The molecule has 4 rings (SSSR count). The second-order valence-corrected chi connectivity index (χ2v) is 7.95. The van der Waals surface area contributed by atoms with Gasteiger partial charge in [-0.15, -0.1) is 0 Å². The molecule has 0 amide bonds. The van der Waals surface area contributed by atoms with Crippen LogP contribution in [0.25, 0.3) is 11.1 Å². The van der Waals surface area contributed by atoms with Crippen LogP contribution in [0.15, 0.2) is 72.5 Å². The van der Waals surface area contributed by atoms with Gasteiger partial charge in [-0.3, -0.25) is 4.90 Å². The van der Waals surface area contributed by atoms with Gasteiger partial charge in [-0.05, 0) is 50.2 Å². The topological polar surface area (TPSA) is 30.9 Å². The molecule has 0 saturated carbocycles. The van der Waals surface area contributed by atoms with Gasteiger partial charge < -0.3 is 14.2 Å². The second kappa shape index (κ2) is 9.17. The van der Waals surface area contributed by atoms with Gasteiger partial charge in [0.2, 0.25) is 0 Å². The molecule has 4 heteroatoms. The van der Waals surface area contributed by atoms with E-state index in [1.54, 1.807) is 0 Å². The Labute approximate surface area is 179 Å². The average Bonchev–Trinajstić information content (AvgIpc) is 3.40. The lowest BCUT2D eigenvalue weighted by atomic mass is 9.80. The molecule has 1 heterocycles. The molecule has 0 radical (unpaired) electrons. The van der Waals surface area contributed by atoms with Crippen LogP contribution in [0.1, 0.15) is 30.9 Å². The molecule has 4 nitrogen and oxygen atoms in total. The monoisotopic (exact) mass is 405 g/mol. The van der Waals surface area contributed by atoms with Crippen molar-refractivity contribution in [2.75, 3.05) is 33.9 Å². The molecule has 1 fully saturated rings. The normalized spacial score (nSPS) is 22.1. The van der Waals surface area contributed by atoms with Crippen molar-refractivity contribution >= 4 is 11.1 Å². The Kier molecular flexibility index (Phi) is 6.38. The predicted molar refractivity (Wildman–Crippen MR) is 121 cm³/mol. The van der Waals surface area contributed by atoms with Crippen LogP contribution < -0.4 is 0 Å². The van der Waals surface area contributed by atoms with E-state index in [-0.39, 0.29) is 11.8 Å². The zero-order valence-electron chi connectivity index (χ0n) is 18.1. The Hall–Kier alpha value is -2.40. The third-order valence-electron chi connectivity index (χ3n) is 5.97. The van der Waals surface area contributed by atoms with Crippen LogP contribution in [0.2, 0.25) is 0 Å². The summed E-state index contributed by atoms with van der Waals surface area (Å²) >= 11 is 0. The number of benzene rings is 2. The van der Waals surface area contributed by atoms with E-state index in [1.807, 2.05) is 6.92 Å². The first-order chi connectivity index (χ1) is 14.7. The van der Waals surface area contributed by atoms with E-state index in [4.69, 9.17) is 14.2 Å². The van der Waals surface area contributed by atoms with Gasteiger partial charge in [-0.25, -0.2) is 0 Å². The van der Waals surface area contributed by atoms with E-state index >= 15 is 0 Å². The molecule has 1 aliphatic carbocycles.